The Kier molecular flexibility index (Phi) is 5.92. The van der Waals surface area contributed by atoms with Crippen LogP contribution in [0.15, 0.2) is 41.8 Å². The number of carbonyl (C=O) groups is 1. The average Bonchev–Trinajstić information content (AvgIpc) is 2.36. The van der Waals surface area contributed by atoms with E-state index in [1.54, 1.807) is 18.2 Å². The van der Waals surface area contributed by atoms with Crippen LogP contribution in [0.5, 0.6) is 0 Å². The number of carbonyl (C=O) groups excluding carboxylic acids is 1. The molecule has 1 rings (SSSR count). The van der Waals surface area contributed by atoms with E-state index in [2.05, 4.69) is 6.58 Å². The van der Waals surface area contributed by atoms with Gasteiger partial charge in [0.25, 0.3) is 0 Å². The molecule has 1 unspecified atom stereocenters. The van der Waals surface area contributed by atoms with E-state index in [9.17, 15) is 13.4 Å². The summed E-state index contributed by atoms with van der Waals surface area (Å²) < 4.78 is 25.2. The Balaban J connectivity index is 2.56. The van der Waals surface area contributed by atoms with Gasteiger partial charge in [0.1, 0.15) is 0 Å². The fourth-order valence-electron chi connectivity index (χ4n) is 1.42. The Labute approximate surface area is 109 Å². The third kappa shape index (κ3) is 4.53. The van der Waals surface area contributed by atoms with Crippen molar-refractivity contribution in [3.8, 4) is 0 Å². The summed E-state index contributed by atoms with van der Waals surface area (Å²) in [5.74, 6) is -0.864. The molecular formula is C14H17FO2S. The van der Waals surface area contributed by atoms with Gasteiger partial charge in [-0.2, -0.15) is 0 Å². The Morgan fingerprint density at radius 2 is 2.06 bits per heavy atom. The molecule has 0 amide bonds. The van der Waals surface area contributed by atoms with Gasteiger partial charge in [0, 0.05) is 4.90 Å². The normalized spacial score (nSPS) is 13.9. The maximum atomic E-state index is 13.4. The highest BCUT2D eigenvalue weighted by molar-refractivity contribution is 7.85. The molecule has 0 saturated carbocycles. The molecule has 0 aliphatic heterocycles. The number of rotatable bonds is 7. The van der Waals surface area contributed by atoms with Crippen LogP contribution in [0.25, 0.3) is 0 Å². The van der Waals surface area contributed by atoms with Crippen LogP contribution in [0.3, 0.4) is 0 Å². The first kappa shape index (κ1) is 14.8. The zero-order valence-corrected chi connectivity index (χ0v) is 11.2. The van der Waals surface area contributed by atoms with E-state index >= 15 is 0 Å². The van der Waals surface area contributed by atoms with Crippen molar-refractivity contribution in [3.63, 3.8) is 0 Å². The van der Waals surface area contributed by atoms with Gasteiger partial charge in [0.2, 0.25) is 0 Å². The molecule has 0 N–H and O–H groups in total. The van der Waals surface area contributed by atoms with Crippen molar-refractivity contribution < 1.29 is 13.4 Å². The van der Waals surface area contributed by atoms with Gasteiger partial charge in [0.15, 0.2) is 12.0 Å². The molecular weight excluding hydrogens is 251 g/mol. The third-order valence-corrected chi connectivity index (χ3v) is 3.88. The fourth-order valence-corrected chi connectivity index (χ4v) is 2.46. The summed E-state index contributed by atoms with van der Waals surface area (Å²) in [5.41, 5.74) is 1.05. The van der Waals surface area contributed by atoms with Crippen molar-refractivity contribution in [2.75, 3.05) is 5.75 Å². The Bertz CT molecular complexity index is 440. The molecule has 0 aromatic heterocycles. The minimum absolute atomic E-state index is 0.118. The molecule has 1 aromatic rings. The highest BCUT2D eigenvalue weighted by atomic mass is 32.2. The van der Waals surface area contributed by atoms with Gasteiger partial charge in [-0.05, 0) is 31.9 Å². The van der Waals surface area contributed by atoms with Gasteiger partial charge < -0.3 is 0 Å². The molecule has 2 nitrogen and oxygen atoms in total. The Morgan fingerprint density at radius 1 is 1.44 bits per heavy atom. The van der Waals surface area contributed by atoms with E-state index < -0.39 is 22.8 Å². The number of aryl methyl sites for hydroxylation is 1. The summed E-state index contributed by atoms with van der Waals surface area (Å²) in [6.07, 6.45) is 0.589. The molecule has 18 heavy (non-hydrogen) atoms. The summed E-state index contributed by atoms with van der Waals surface area (Å²) in [6, 6.07) is 7.05. The average molecular weight is 268 g/mol. The van der Waals surface area contributed by atoms with Gasteiger partial charge in [-0.15, -0.1) is 6.58 Å². The Hall–Kier alpha value is -1.29. The first-order chi connectivity index (χ1) is 8.54. The molecule has 0 spiro atoms. The topological polar surface area (TPSA) is 34.1 Å². The second-order valence-electron chi connectivity index (χ2n) is 4.10. The number of halogens is 1. The van der Waals surface area contributed by atoms with Gasteiger partial charge in [-0.25, -0.2) is 4.39 Å². The second kappa shape index (κ2) is 7.21. The lowest BCUT2D eigenvalue weighted by molar-refractivity contribution is -0.121. The number of Topliss-reactive ketones (excluding diaryl/α,β-unsaturated/α-hetero) is 1. The van der Waals surface area contributed by atoms with Crippen molar-refractivity contribution in [2.45, 2.75) is 30.8 Å². The van der Waals surface area contributed by atoms with Gasteiger partial charge in [-0.3, -0.25) is 9.00 Å². The molecule has 0 aliphatic rings. The van der Waals surface area contributed by atoms with E-state index in [-0.39, 0.29) is 12.2 Å². The molecule has 0 fully saturated rings. The summed E-state index contributed by atoms with van der Waals surface area (Å²) in [7, 11) is -1.46. The van der Waals surface area contributed by atoms with Crippen molar-refractivity contribution in [1.82, 2.24) is 0 Å². The monoisotopic (exact) mass is 268 g/mol. The molecule has 2 atom stereocenters. The lowest BCUT2D eigenvalue weighted by atomic mass is 10.1. The van der Waals surface area contributed by atoms with E-state index in [1.807, 2.05) is 19.1 Å². The lowest BCUT2D eigenvalue weighted by Crippen LogP contribution is -2.22. The lowest BCUT2D eigenvalue weighted by Gasteiger charge is -2.06. The number of allylic oxidation sites excluding steroid dienone is 1. The Morgan fingerprint density at radius 3 is 2.61 bits per heavy atom. The molecule has 1 aromatic carbocycles. The SMILES string of the molecule is C=CCC[C@@H](F)C(=O)CS(=O)c1ccc(C)cc1. The molecule has 4 heteroatoms. The molecule has 0 saturated heterocycles. The van der Waals surface area contributed by atoms with Crippen molar-refractivity contribution in [1.29, 1.82) is 0 Å². The van der Waals surface area contributed by atoms with Crippen molar-refractivity contribution in [3.05, 3.63) is 42.5 Å². The largest absolute Gasteiger partial charge is 0.295 e. The van der Waals surface area contributed by atoms with Crippen LogP contribution >= 0.6 is 0 Å². The molecule has 0 bridgehead atoms. The van der Waals surface area contributed by atoms with Crippen LogP contribution in [-0.4, -0.2) is 21.9 Å². The standard InChI is InChI=1S/C14H17FO2S/c1-3-4-5-13(15)14(16)10-18(17)12-8-6-11(2)7-9-12/h3,6-9,13H,1,4-5,10H2,2H3/t13-,18?/m1/s1. The summed E-state index contributed by atoms with van der Waals surface area (Å²) in [6.45, 7) is 5.39. The minimum atomic E-state index is -1.54. The van der Waals surface area contributed by atoms with Crippen LogP contribution in [0.2, 0.25) is 0 Å². The number of ketones is 1. The smallest absolute Gasteiger partial charge is 0.179 e. The van der Waals surface area contributed by atoms with Gasteiger partial charge in [0.05, 0.1) is 16.6 Å². The van der Waals surface area contributed by atoms with E-state index in [4.69, 9.17) is 0 Å². The third-order valence-electron chi connectivity index (χ3n) is 2.53. The first-order valence-electron chi connectivity index (χ1n) is 5.77. The quantitative estimate of drug-likeness (QED) is 0.712. The summed E-state index contributed by atoms with van der Waals surface area (Å²) in [5, 5.41) is 0. The molecule has 0 radical (unpaired) electrons. The molecule has 98 valence electrons. The predicted octanol–water partition coefficient (Wildman–Crippen LogP) is 2.98. The summed E-state index contributed by atoms with van der Waals surface area (Å²) >= 11 is 0. The van der Waals surface area contributed by atoms with Crippen LogP contribution in [0.4, 0.5) is 4.39 Å². The maximum absolute atomic E-state index is 13.4. The minimum Gasteiger partial charge on any atom is -0.295 e. The highest BCUT2D eigenvalue weighted by Crippen LogP contribution is 2.11. The molecule has 0 aliphatic carbocycles. The molecule has 0 heterocycles. The predicted molar refractivity (Wildman–Crippen MR) is 71.8 cm³/mol. The van der Waals surface area contributed by atoms with E-state index in [0.717, 1.165) is 5.56 Å². The van der Waals surface area contributed by atoms with Gasteiger partial charge >= 0.3 is 0 Å². The zero-order chi connectivity index (χ0) is 13.5. The second-order valence-corrected chi connectivity index (χ2v) is 5.55. The zero-order valence-electron chi connectivity index (χ0n) is 10.4. The number of hydrogen-bond acceptors (Lipinski definition) is 2. The summed E-state index contributed by atoms with van der Waals surface area (Å²) in [4.78, 5) is 12.1. The van der Waals surface area contributed by atoms with E-state index in [1.165, 1.54) is 0 Å². The number of benzene rings is 1. The fraction of sp³-hybridized carbons (Fsp3) is 0.357. The number of alkyl halides is 1. The van der Waals surface area contributed by atoms with Crippen LogP contribution in [0.1, 0.15) is 18.4 Å². The van der Waals surface area contributed by atoms with Gasteiger partial charge in [-0.1, -0.05) is 23.8 Å². The van der Waals surface area contributed by atoms with Crippen molar-refractivity contribution >= 4 is 16.6 Å². The number of hydrogen-bond donors (Lipinski definition) is 0. The van der Waals surface area contributed by atoms with Crippen LogP contribution in [-0.2, 0) is 15.6 Å². The highest BCUT2D eigenvalue weighted by Gasteiger charge is 2.19. The van der Waals surface area contributed by atoms with E-state index in [0.29, 0.717) is 11.3 Å². The van der Waals surface area contributed by atoms with Crippen molar-refractivity contribution in [2.24, 2.45) is 0 Å². The maximum Gasteiger partial charge on any atom is 0.179 e. The van der Waals surface area contributed by atoms with Crippen LogP contribution in [0, 0.1) is 6.92 Å². The first-order valence-corrected chi connectivity index (χ1v) is 7.09. The van der Waals surface area contributed by atoms with Crippen LogP contribution < -0.4 is 0 Å².